The van der Waals surface area contributed by atoms with Crippen LogP contribution in [0.5, 0.6) is 0 Å². The van der Waals surface area contributed by atoms with E-state index < -0.39 is 16.4 Å². The zero-order chi connectivity index (χ0) is 19.6. The van der Waals surface area contributed by atoms with Crippen LogP contribution in [-0.2, 0) is 4.43 Å². The van der Waals surface area contributed by atoms with E-state index in [2.05, 4.69) is 112 Å². The summed E-state index contributed by atoms with van der Waals surface area (Å²) in [4.78, 5) is 0. The lowest BCUT2D eigenvalue weighted by molar-refractivity contribution is 0.142. The molecule has 0 rings (SSSR count). The summed E-state index contributed by atoms with van der Waals surface area (Å²) in [6.07, 6.45) is 4.31. The summed E-state index contributed by atoms with van der Waals surface area (Å²) >= 11 is 0. The molecule has 1 atom stereocenters. The molecule has 1 unspecified atom stereocenters. The van der Waals surface area contributed by atoms with E-state index in [4.69, 9.17) is 4.43 Å². The quantitative estimate of drug-likeness (QED) is 0.295. The van der Waals surface area contributed by atoms with Gasteiger partial charge in [0.2, 0.25) is 0 Å². The summed E-state index contributed by atoms with van der Waals surface area (Å²) in [5.74, 6) is 3.59. The van der Waals surface area contributed by atoms with Crippen LogP contribution in [0.15, 0.2) is 12.2 Å². The third kappa shape index (κ3) is 6.20. The summed E-state index contributed by atoms with van der Waals surface area (Å²) in [7, 11) is -3.51. The maximum absolute atomic E-state index is 6.76. The van der Waals surface area contributed by atoms with Gasteiger partial charge in [-0.25, -0.2) is 0 Å². The van der Waals surface area contributed by atoms with Crippen molar-refractivity contribution in [2.24, 2.45) is 5.41 Å². The Kier molecular flexibility index (Phi) is 7.42. The predicted octanol–water partition coefficient (Wildman–Crippen LogP) is 7.03. The minimum absolute atomic E-state index is 0.0521. The Balaban J connectivity index is 5.90. The van der Waals surface area contributed by atoms with Gasteiger partial charge in [-0.15, -0.1) is 5.54 Å². The third-order valence-corrected chi connectivity index (χ3v) is 14.8. The fourth-order valence-corrected chi connectivity index (χ4v) is 3.96. The molecule has 0 heterocycles. The largest absolute Gasteiger partial charge is 0.402 e. The van der Waals surface area contributed by atoms with E-state index in [0.717, 1.165) is 0 Å². The third-order valence-electron chi connectivity index (χ3n) is 5.88. The van der Waals surface area contributed by atoms with Crippen LogP contribution in [0.25, 0.3) is 0 Å². The van der Waals surface area contributed by atoms with Crippen LogP contribution in [0, 0.1) is 16.9 Å². The van der Waals surface area contributed by atoms with Crippen LogP contribution >= 0.6 is 0 Å². The van der Waals surface area contributed by atoms with Crippen LogP contribution in [0.3, 0.4) is 0 Å². The Morgan fingerprint density at radius 1 is 0.833 bits per heavy atom. The van der Waals surface area contributed by atoms with E-state index in [9.17, 15) is 0 Å². The molecule has 0 amide bonds. The molecule has 0 spiro atoms. The topological polar surface area (TPSA) is 9.23 Å². The predicted molar refractivity (Wildman–Crippen MR) is 116 cm³/mol. The van der Waals surface area contributed by atoms with Gasteiger partial charge in [0.25, 0.3) is 0 Å². The van der Waals surface area contributed by atoms with Gasteiger partial charge in [-0.2, -0.15) is 0 Å². The molecule has 0 aliphatic carbocycles. The molecule has 0 saturated carbocycles. The molecule has 0 bridgehead atoms. The molecule has 0 aromatic rings. The van der Waals surface area contributed by atoms with Crippen molar-refractivity contribution in [1.29, 1.82) is 0 Å². The molecule has 0 radical (unpaired) electrons. The van der Waals surface area contributed by atoms with Crippen LogP contribution in [0.1, 0.15) is 62.3 Å². The molecule has 3 heteroatoms. The zero-order valence-corrected chi connectivity index (χ0v) is 20.6. The number of allylic oxidation sites excluding steroid dienone is 1. The van der Waals surface area contributed by atoms with Crippen LogP contribution in [0.4, 0.5) is 0 Å². The number of hydrogen-bond donors (Lipinski definition) is 0. The Morgan fingerprint density at radius 2 is 1.29 bits per heavy atom. The summed E-state index contributed by atoms with van der Waals surface area (Å²) in [5.41, 5.74) is 3.61. The first kappa shape index (κ1) is 23.7. The van der Waals surface area contributed by atoms with Crippen molar-refractivity contribution in [3.05, 3.63) is 12.2 Å². The van der Waals surface area contributed by atoms with E-state index in [1.807, 2.05) is 0 Å². The van der Waals surface area contributed by atoms with E-state index in [-0.39, 0.29) is 21.6 Å². The molecule has 0 saturated heterocycles. The second-order valence-corrected chi connectivity index (χ2v) is 20.5. The molecular formula is C21H42OSi2. The van der Waals surface area contributed by atoms with Gasteiger partial charge >= 0.3 is 0 Å². The molecule has 0 fully saturated rings. The molecule has 0 aliphatic heterocycles. The Labute approximate surface area is 154 Å². The van der Waals surface area contributed by atoms with Gasteiger partial charge in [0.05, 0.1) is 0 Å². The van der Waals surface area contributed by atoms with E-state index in [1.54, 1.807) is 0 Å². The molecule has 24 heavy (non-hydrogen) atoms. The highest BCUT2D eigenvalue weighted by molar-refractivity contribution is 6.87. The van der Waals surface area contributed by atoms with Gasteiger partial charge in [0, 0.05) is 5.41 Å². The van der Waals surface area contributed by atoms with Crippen LogP contribution < -0.4 is 0 Å². The average molecular weight is 367 g/mol. The van der Waals surface area contributed by atoms with Gasteiger partial charge < -0.3 is 4.43 Å². The van der Waals surface area contributed by atoms with Crippen molar-refractivity contribution >= 4 is 16.4 Å². The summed E-state index contributed by atoms with van der Waals surface area (Å²) in [6, 6.07) is 0. The smallest absolute Gasteiger partial charge is 0.193 e. The first-order chi connectivity index (χ1) is 10.4. The molecular weight excluding hydrogens is 324 g/mol. The summed E-state index contributed by atoms with van der Waals surface area (Å²) < 4.78 is 6.76. The van der Waals surface area contributed by atoms with Crippen molar-refractivity contribution < 1.29 is 4.43 Å². The van der Waals surface area contributed by atoms with Crippen molar-refractivity contribution in [1.82, 2.24) is 0 Å². The van der Waals surface area contributed by atoms with Crippen molar-refractivity contribution in [2.45, 2.75) is 105 Å². The average Bonchev–Trinajstić information content (AvgIpc) is 2.31. The second-order valence-electron chi connectivity index (χ2n) is 10.7. The molecule has 140 valence electrons. The lowest BCUT2D eigenvalue weighted by atomic mass is 9.86. The Hall–Kier alpha value is -0.306. The van der Waals surface area contributed by atoms with Gasteiger partial charge in [-0.3, -0.25) is 0 Å². The van der Waals surface area contributed by atoms with Crippen molar-refractivity contribution in [3.63, 3.8) is 0 Å². The highest BCUT2D eigenvalue weighted by Gasteiger charge is 2.42. The molecule has 1 nitrogen and oxygen atoms in total. The minimum atomic E-state index is -1.87. The van der Waals surface area contributed by atoms with Crippen LogP contribution in [-0.4, -0.2) is 22.5 Å². The Bertz CT molecular complexity index is 503. The molecule has 0 aromatic heterocycles. The summed E-state index contributed by atoms with van der Waals surface area (Å²) in [6.45, 7) is 29.7. The maximum atomic E-state index is 6.76. The van der Waals surface area contributed by atoms with Gasteiger partial charge in [-0.05, 0) is 30.1 Å². The lowest BCUT2D eigenvalue weighted by Gasteiger charge is -2.42. The first-order valence-corrected chi connectivity index (χ1v) is 15.1. The molecule has 0 aliphatic rings. The maximum Gasteiger partial charge on any atom is 0.193 e. The fourth-order valence-electron chi connectivity index (χ4n) is 1.79. The summed E-state index contributed by atoms with van der Waals surface area (Å²) in [5, 5.41) is 0.460. The zero-order valence-electron chi connectivity index (χ0n) is 18.6. The van der Waals surface area contributed by atoms with Crippen molar-refractivity contribution in [3.8, 4) is 11.5 Å². The highest BCUT2D eigenvalue weighted by atomic mass is 28.4. The van der Waals surface area contributed by atoms with Gasteiger partial charge in [0.1, 0.15) is 14.2 Å². The number of rotatable bonds is 4. The molecule has 0 N–H and O–H groups in total. The van der Waals surface area contributed by atoms with Gasteiger partial charge in [0.15, 0.2) is 8.32 Å². The highest BCUT2D eigenvalue weighted by Crippen LogP contribution is 2.40. The number of hydrogen-bond acceptors (Lipinski definition) is 1. The first-order valence-electron chi connectivity index (χ1n) is 9.22. The van der Waals surface area contributed by atoms with E-state index >= 15 is 0 Å². The van der Waals surface area contributed by atoms with E-state index in [0.29, 0.717) is 0 Å². The molecule has 0 aromatic carbocycles. The lowest BCUT2D eigenvalue weighted by Crippen LogP contribution is -2.47. The standard InChI is InChI=1S/C21H42OSi2/c1-14-16-21(8,9)18(22-24(12,13)20(5,6)7)15-17-23(10,11)19(2,3)4/h14,16,18H,1-13H3/b16-14+. The van der Waals surface area contributed by atoms with E-state index in [1.165, 1.54) is 0 Å². The van der Waals surface area contributed by atoms with Crippen LogP contribution in [0.2, 0.25) is 36.3 Å². The normalized spacial score (nSPS) is 16.0. The SMILES string of the molecule is C/C=C/C(C)(C)C(C#C[Si](C)(C)C(C)(C)C)O[Si](C)(C)C(C)(C)C. The minimum Gasteiger partial charge on any atom is -0.402 e. The monoisotopic (exact) mass is 366 g/mol. The second kappa shape index (κ2) is 7.52. The van der Waals surface area contributed by atoms with Gasteiger partial charge in [-0.1, -0.05) is 86.6 Å². The van der Waals surface area contributed by atoms with Crippen molar-refractivity contribution in [2.75, 3.05) is 0 Å². The fraction of sp³-hybridized carbons (Fsp3) is 0.810. The Morgan fingerprint density at radius 3 is 1.62 bits per heavy atom.